The van der Waals surface area contributed by atoms with E-state index in [1.165, 1.54) is 23.2 Å². The van der Waals surface area contributed by atoms with Gasteiger partial charge in [-0.15, -0.1) is 0 Å². The molecule has 0 aromatic heterocycles. The number of amides is 1. The fraction of sp³-hybridized carbons (Fsp3) is 0.381. The van der Waals surface area contributed by atoms with Gasteiger partial charge in [0, 0.05) is 25.8 Å². The first-order valence-corrected chi connectivity index (χ1v) is 8.88. The van der Waals surface area contributed by atoms with E-state index in [9.17, 15) is 4.79 Å². The number of ether oxygens (including phenoxy) is 1. The number of carbonyl (C=O) groups is 1. The van der Waals surface area contributed by atoms with Gasteiger partial charge in [-0.25, -0.2) is 0 Å². The van der Waals surface area contributed by atoms with Crippen molar-refractivity contribution >= 4 is 11.6 Å². The summed E-state index contributed by atoms with van der Waals surface area (Å²) >= 11 is 0. The third-order valence-corrected chi connectivity index (χ3v) is 4.75. The lowest BCUT2D eigenvalue weighted by atomic mass is 9.98. The van der Waals surface area contributed by atoms with Crippen molar-refractivity contribution in [1.82, 2.24) is 5.32 Å². The van der Waals surface area contributed by atoms with Crippen LogP contribution in [-0.2, 0) is 24.1 Å². The minimum atomic E-state index is 0.0582. The molecule has 4 nitrogen and oxygen atoms in total. The Bertz CT molecular complexity index is 725. The molecule has 1 N–H and O–H groups in total. The molecule has 0 fully saturated rings. The molecule has 0 spiro atoms. The average molecular weight is 338 g/mol. The smallest absolute Gasteiger partial charge is 0.224 e. The standard InChI is InChI=1S/C21H26N2O2/c1-23-13-3-4-18-14-17(7-10-20(18)23)11-12-22-21(24)15-16-5-8-19(25-2)9-6-16/h5-10,14H,3-4,11-13,15H2,1-2H3,(H,22,24). The van der Waals surface area contributed by atoms with Crippen LogP contribution in [-0.4, -0.2) is 33.2 Å². The maximum absolute atomic E-state index is 12.1. The third kappa shape index (κ3) is 4.53. The number of aryl methyl sites for hydroxylation is 1. The number of anilines is 1. The van der Waals surface area contributed by atoms with Crippen LogP contribution >= 0.6 is 0 Å². The SMILES string of the molecule is COc1ccc(CC(=O)NCCc2ccc3c(c2)CCCN3C)cc1. The second kappa shape index (κ2) is 8.06. The molecule has 1 amide bonds. The highest BCUT2D eigenvalue weighted by atomic mass is 16.5. The molecule has 2 aromatic rings. The molecule has 0 saturated heterocycles. The molecule has 25 heavy (non-hydrogen) atoms. The van der Waals surface area contributed by atoms with Gasteiger partial charge in [0.25, 0.3) is 0 Å². The number of methoxy groups -OCH3 is 1. The lowest BCUT2D eigenvalue weighted by Crippen LogP contribution is -2.27. The number of benzene rings is 2. The number of fused-ring (bicyclic) bond motifs is 1. The Labute approximate surface area is 149 Å². The highest BCUT2D eigenvalue weighted by Crippen LogP contribution is 2.26. The summed E-state index contributed by atoms with van der Waals surface area (Å²) in [5.74, 6) is 0.866. The number of hydrogen-bond donors (Lipinski definition) is 1. The summed E-state index contributed by atoms with van der Waals surface area (Å²) < 4.78 is 5.13. The molecular formula is C21H26N2O2. The van der Waals surface area contributed by atoms with E-state index in [0.717, 1.165) is 30.7 Å². The monoisotopic (exact) mass is 338 g/mol. The molecule has 132 valence electrons. The number of hydrogen-bond acceptors (Lipinski definition) is 3. The lowest BCUT2D eigenvalue weighted by molar-refractivity contribution is -0.120. The van der Waals surface area contributed by atoms with Gasteiger partial charge in [-0.2, -0.15) is 0 Å². The van der Waals surface area contributed by atoms with Gasteiger partial charge in [-0.1, -0.05) is 24.3 Å². The fourth-order valence-corrected chi connectivity index (χ4v) is 3.33. The molecule has 0 atom stereocenters. The van der Waals surface area contributed by atoms with Gasteiger partial charge in [-0.05, 0) is 54.2 Å². The second-order valence-electron chi connectivity index (χ2n) is 6.61. The maximum Gasteiger partial charge on any atom is 0.224 e. The summed E-state index contributed by atoms with van der Waals surface area (Å²) in [6.07, 6.45) is 3.63. The Morgan fingerprint density at radius 1 is 1.16 bits per heavy atom. The van der Waals surface area contributed by atoms with E-state index < -0.39 is 0 Å². The van der Waals surface area contributed by atoms with Gasteiger partial charge in [0.1, 0.15) is 5.75 Å². The predicted octanol–water partition coefficient (Wildman–Crippen LogP) is 2.98. The first-order chi connectivity index (χ1) is 12.2. The zero-order valence-corrected chi connectivity index (χ0v) is 15.0. The van der Waals surface area contributed by atoms with Crippen molar-refractivity contribution in [3.8, 4) is 5.75 Å². The Balaban J connectivity index is 1.48. The van der Waals surface area contributed by atoms with Gasteiger partial charge >= 0.3 is 0 Å². The van der Waals surface area contributed by atoms with E-state index in [1.54, 1.807) is 7.11 Å². The molecule has 2 aromatic carbocycles. The van der Waals surface area contributed by atoms with E-state index in [0.29, 0.717) is 13.0 Å². The zero-order chi connectivity index (χ0) is 17.6. The minimum absolute atomic E-state index is 0.0582. The van der Waals surface area contributed by atoms with Crippen LogP contribution in [0.5, 0.6) is 5.75 Å². The third-order valence-electron chi connectivity index (χ3n) is 4.75. The zero-order valence-electron chi connectivity index (χ0n) is 15.0. The van der Waals surface area contributed by atoms with Crippen molar-refractivity contribution < 1.29 is 9.53 Å². The molecule has 3 rings (SSSR count). The molecule has 0 aliphatic carbocycles. The van der Waals surface area contributed by atoms with Crippen molar-refractivity contribution in [3.05, 3.63) is 59.2 Å². The number of carbonyl (C=O) groups excluding carboxylic acids is 1. The van der Waals surface area contributed by atoms with Gasteiger partial charge in [0.15, 0.2) is 0 Å². The number of rotatable bonds is 6. The molecule has 1 heterocycles. The van der Waals surface area contributed by atoms with E-state index in [1.807, 2.05) is 24.3 Å². The van der Waals surface area contributed by atoms with Crippen LogP contribution in [0.1, 0.15) is 23.1 Å². The lowest BCUT2D eigenvalue weighted by Gasteiger charge is -2.27. The van der Waals surface area contributed by atoms with E-state index >= 15 is 0 Å². The largest absolute Gasteiger partial charge is 0.497 e. The Kier molecular flexibility index (Phi) is 5.59. The van der Waals surface area contributed by atoms with Crippen molar-refractivity contribution in [2.75, 3.05) is 32.1 Å². The summed E-state index contributed by atoms with van der Waals surface area (Å²) in [4.78, 5) is 14.4. The summed E-state index contributed by atoms with van der Waals surface area (Å²) in [5.41, 5.74) is 5.06. The summed E-state index contributed by atoms with van der Waals surface area (Å²) in [7, 11) is 3.79. The predicted molar refractivity (Wildman–Crippen MR) is 101 cm³/mol. The molecule has 0 radical (unpaired) electrons. The maximum atomic E-state index is 12.1. The minimum Gasteiger partial charge on any atom is -0.497 e. The van der Waals surface area contributed by atoms with Gasteiger partial charge in [0.2, 0.25) is 5.91 Å². The van der Waals surface area contributed by atoms with E-state index in [4.69, 9.17) is 4.74 Å². The molecule has 1 aliphatic heterocycles. The van der Waals surface area contributed by atoms with Crippen LogP contribution in [0, 0.1) is 0 Å². The second-order valence-corrected chi connectivity index (χ2v) is 6.61. The summed E-state index contributed by atoms with van der Waals surface area (Å²) in [6, 6.07) is 14.3. The van der Waals surface area contributed by atoms with E-state index in [-0.39, 0.29) is 5.91 Å². The van der Waals surface area contributed by atoms with Crippen LogP contribution in [0.3, 0.4) is 0 Å². The van der Waals surface area contributed by atoms with Gasteiger partial charge in [0.05, 0.1) is 13.5 Å². The molecular weight excluding hydrogens is 312 g/mol. The van der Waals surface area contributed by atoms with Crippen molar-refractivity contribution in [2.24, 2.45) is 0 Å². The molecule has 1 aliphatic rings. The molecule has 0 bridgehead atoms. The van der Waals surface area contributed by atoms with Crippen molar-refractivity contribution in [3.63, 3.8) is 0 Å². The van der Waals surface area contributed by atoms with Gasteiger partial charge in [-0.3, -0.25) is 4.79 Å². The van der Waals surface area contributed by atoms with Crippen LogP contribution in [0.25, 0.3) is 0 Å². The fourth-order valence-electron chi connectivity index (χ4n) is 3.33. The molecule has 0 saturated carbocycles. The number of nitrogens with one attached hydrogen (secondary N) is 1. The highest BCUT2D eigenvalue weighted by Gasteiger charge is 2.13. The van der Waals surface area contributed by atoms with Crippen molar-refractivity contribution in [2.45, 2.75) is 25.7 Å². The van der Waals surface area contributed by atoms with Crippen LogP contribution in [0.15, 0.2) is 42.5 Å². The van der Waals surface area contributed by atoms with E-state index in [2.05, 4.69) is 35.5 Å². The van der Waals surface area contributed by atoms with Crippen LogP contribution < -0.4 is 15.0 Å². The quantitative estimate of drug-likeness (QED) is 0.880. The Hall–Kier alpha value is -2.49. The molecule has 4 heteroatoms. The first kappa shape index (κ1) is 17.3. The number of nitrogens with zero attached hydrogens (tertiary/aromatic N) is 1. The topological polar surface area (TPSA) is 41.6 Å². The van der Waals surface area contributed by atoms with Crippen LogP contribution in [0.4, 0.5) is 5.69 Å². The van der Waals surface area contributed by atoms with Gasteiger partial charge < -0.3 is 15.0 Å². The average Bonchev–Trinajstić information content (AvgIpc) is 2.62. The molecule has 0 unspecified atom stereocenters. The van der Waals surface area contributed by atoms with Crippen molar-refractivity contribution in [1.29, 1.82) is 0 Å². The highest BCUT2D eigenvalue weighted by molar-refractivity contribution is 5.78. The summed E-state index contributed by atoms with van der Waals surface area (Å²) in [5, 5.41) is 3.02. The normalized spacial score (nSPS) is 13.3. The Morgan fingerprint density at radius 3 is 2.68 bits per heavy atom. The summed E-state index contributed by atoms with van der Waals surface area (Å²) in [6.45, 7) is 1.80. The van der Waals surface area contributed by atoms with Crippen LogP contribution in [0.2, 0.25) is 0 Å². The first-order valence-electron chi connectivity index (χ1n) is 8.88. The Morgan fingerprint density at radius 2 is 1.92 bits per heavy atom.